The fraction of sp³-hybridized carbons (Fsp3) is 0.125. The molecule has 110 valence electrons. The van der Waals surface area contributed by atoms with Crippen LogP contribution in [0.2, 0.25) is 0 Å². The van der Waals surface area contributed by atoms with Gasteiger partial charge in [0.25, 0.3) is 0 Å². The smallest absolute Gasteiger partial charge is 0.406 e. The number of hydrogen-bond donors (Lipinski definition) is 0. The second-order valence-corrected chi connectivity index (χ2v) is 4.89. The first-order valence-electron chi connectivity index (χ1n) is 6.15. The minimum absolute atomic E-state index is 0.221. The molecule has 0 aromatic heterocycles. The molecular formula is C16H12BrF3O. The Kier molecular flexibility index (Phi) is 5.07. The van der Waals surface area contributed by atoms with Crippen molar-refractivity contribution in [3.63, 3.8) is 0 Å². The van der Waals surface area contributed by atoms with Gasteiger partial charge in [0.15, 0.2) is 0 Å². The summed E-state index contributed by atoms with van der Waals surface area (Å²) in [5.41, 5.74) is 3.00. The van der Waals surface area contributed by atoms with Gasteiger partial charge in [-0.15, -0.1) is 13.2 Å². The van der Waals surface area contributed by atoms with Gasteiger partial charge in [-0.3, -0.25) is 0 Å². The van der Waals surface area contributed by atoms with Crippen LogP contribution in [0.1, 0.15) is 16.7 Å². The van der Waals surface area contributed by atoms with Gasteiger partial charge in [0, 0.05) is 5.33 Å². The normalized spacial score (nSPS) is 11.8. The number of halogens is 4. The molecule has 0 unspecified atom stereocenters. The molecule has 1 nitrogen and oxygen atoms in total. The van der Waals surface area contributed by atoms with Crippen molar-refractivity contribution in [2.45, 2.75) is 11.7 Å². The Morgan fingerprint density at radius 1 is 0.857 bits per heavy atom. The van der Waals surface area contributed by atoms with Gasteiger partial charge in [0.1, 0.15) is 5.75 Å². The summed E-state index contributed by atoms with van der Waals surface area (Å²) < 4.78 is 39.9. The van der Waals surface area contributed by atoms with E-state index in [2.05, 4.69) is 20.7 Å². The molecule has 0 saturated carbocycles. The third-order valence-electron chi connectivity index (χ3n) is 2.72. The molecule has 5 heteroatoms. The Bertz CT molecular complexity index is 601. The highest BCUT2D eigenvalue weighted by Crippen LogP contribution is 2.23. The quantitative estimate of drug-likeness (QED) is 0.508. The Morgan fingerprint density at radius 3 is 1.76 bits per heavy atom. The fourth-order valence-corrected chi connectivity index (χ4v) is 2.06. The topological polar surface area (TPSA) is 9.23 Å². The standard InChI is InChI=1S/C16H12BrF3O/c17-11-14-5-3-12(4-6-14)1-2-13-7-9-15(10-8-13)21-16(18,19)20/h1-10H,11H2/b2-1+. The van der Waals surface area contributed by atoms with Crippen LogP contribution in [-0.2, 0) is 5.33 Å². The van der Waals surface area contributed by atoms with Gasteiger partial charge in [0.05, 0.1) is 0 Å². The zero-order chi connectivity index (χ0) is 15.3. The molecule has 0 amide bonds. The van der Waals surface area contributed by atoms with Crippen molar-refractivity contribution in [3.05, 3.63) is 65.2 Å². The summed E-state index contributed by atoms with van der Waals surface area (Å²) in [5, 5.41) is 0.803. The lowest BCUT2D eigenvalue weighted by molar-refractivity contribution is -0.274. The van der Waals surface area contributed by atoms with E-state index in [-0.39, 0.29) is 5.75 Å². The summed E-state index contributed by atoms with van der Waals surface area (Å²) in [6, 6.07) is 13.7. The van der Waals surface area contributed by atoms with Gasteiger partial charge >= 0.3 is 6.36 Å². The molecule has 0 spiro atoms. The first-order valence-corrected chi connectivity index (χ1v) is 7.27. The predicted octanol–water partition coefficient (Wildman–Crippen LogP) is 5.65. The van der Waals surface area contributed by atoms with Crippen LogP contribution in [-0.4, -0.2) is 6.36 Å². The van der Waals surface area contributed by atoms with Crippen LogP contribution in [0.15, 0.2) is 48.5 Å². The van der Waals surface area contributed by atoms with E-state index in [1.165, 1.54) is 17.7 Å². The van der Waals surface area contributed by atoms with E-state index >= 15 is 0 Å². The Labute approximate surface area is 129 Å². The number of alkyl halides is 4. The summed E-state index contributed by atoms with van der Waals surface area (Å²) >= 11 is 3.38. The van der Waals surface area contributed by atoms with Gasteiger partial charge in [0.2, 0.25) is 0 Å². The second kappa shape index (κ2) is 6.80. The highest BCUT2D eigenvalue weighted by atomic mass is 79.9. The van der Waals surface area contributed by atoms with E-state index in [1.54, 1.807) is 12.1 Å². The summed E-state index contributed by atoms with van der Waals surface area (Å²) in [5.74, 6) is -0.221. The first kappa shape index (κ1) is 15.6. The maximum atomic E-state index is 12.0. The number of hydrogen-bond acceptors (Lipinski definition) is 1. The van der Waals surface area contributed by atoms with Crippen molar-refractivity contribution in [1.29, 1.82) is 0 Å². The van der Waals surface area contributed by atoms with Crippen molar-refractivity contribution >= 4 is 28.1 Å². The molecule has 0 atom stereocenters. The Morgan fingerprint density at radius 2 is 1.33 bits per heavy atom. The molecule has 0 saturated heterocycles. The lowest BCUT2D eigenvalue weighted by atomic mass is 10.1. The molecular weight excluding hydrogens is 345 g/mol. The number of rotatable bonds is 4. The lowest BCUT2D eigenvalue weighted by Gasteiger charge is -2.08. The van der Waals surface area contributed by atoms with E-state index in [4.69, 9.17) is 0 Å². The zero-order valence-corrected chi connectivity index (χ0v) is 12.5. The van der Waals surface area contributed by atoms with Gasteiger partial charge in [-0.1, -0.05) is 64.5 Å². The van der Waals surface area contributed by atoms with Crippen LogP contribution in [0.5, 0.6) is 5.75 Å². The summed E-state index contributed by atoms with van der Waals surface area (Å²) in [7, 11) is 0. The van der Waals surface area contributed by atoms with E-state index in [9.17, 15) is 13.2 Å². The summed E-state index contributed by atoms with van der Waals surface area (Å²) in [4.78, 5) is 0. The predicted molar refractivity (Wildman–Crippen MR) is 81.1 cm³/mol. The Hall–Kier alpha value is -1.75. The van der Waals surface area contributed by atoms with E-state index in [0.29, 0.717) is 0 Å². The number of ether oxygens (including phenoxy) is 1. The van der Waals surface area contributed by atoms with Gasteiger partial charge < -0.3 is 4.74 Å². The summed E-state index contributed by atoms with van der Waals surface area (Å²) in [6.45, 7) is 0. The largest absolute Gasteiger partial charge is 0.573 e. The maximum absolute atomic E-state index is 12.0. The minimum Gasteiger partial charge on any atom is -0.406 e. The van der Waals surface area contributed by atoms with Crippen molar-refractivity contribution in [1.82, 2.24) is 0 Å². The molecule has 2 aromatic carbocycles. The van der Waals surface area contributed by atoms with Gasteiger partial charge in [-0.25, -0.2) is 0 Å². The average molecular weight is 357 g/mol. The van der Waals surface area contributed by atoms with E-state index in [0.717, 1.165) is 16.5 Å². The molecule has 0 N–H and O–H groups in total. The fourth-order valence-electron chi connectivity index (χ4n) is 1.69. The SMILES string of the molecule is FC(F)(F)Oc1ccc(/C=C/c2ccc(CBr)cc2)cc1. The average Bonchev–Trinajstić information content (AvgIpc) is 2.45. The third kappa shape index (κ3) is 5.27. The van der Waals surface area contributed by atoms with Crippen molar-refractivity contribution in [2.24, 2.45) is 0 Å². The molecule has 2 aromatic rings. The van der Waals surface area contributed by atoms with Crippen molar-refractivity contribution < 1.29 is 17.9 Å². The molecule has 0 aliphatic rings. The van der Waals surface area contributed by atoms with Crippen LogP contribution in [0.25, 0.3) is 12.2 Å². The third-order valence-corrected chi connectivity index (χ3v) is 3.36. The summed E-state index contributed by atoms with van der Waals surface area (Å²) in [6.07, 6.45) is -0.924. The molecule has 0 aliphatic heterocycles. The van der Waals surface area contributed by atoms with E-state index in [1.807, 2.05) is 36.4 Å². The molecule has 0 fully saturated rings. The molecule has 2 rings (SSSR count). The van der Waals surface area contributed by atoms with E-state index < -0.39 is 6.36 Å². The molecule has 0 heterocycles. The second-order valence-electron chi connectivity index (χ2n) is 4.33. The Balaban J connectivity index is 2.03. The molecule has 0 bridgehead atoms. The molecule has 0 aliphatic carbocycles. The van der Waals surface area contributed by atoms with Crippen molar-refractivity contribution in [2.75, 3.05) is 0 Å². The number of benzene rings is 2. The van der Waals surface area contributed by atoms with Crippen LogP contribution in [0.4, 0.5) is 13.2 Å². The van der Waals surface area contributed by atoms with Gasteiger partial charge in [-0.05, 0) is 28.8 Å². The molecule has 0 radical (unpaired) electrons. The monoisotopic (exact) mass is 356 g/mol. The van der Waals surface area contributed by atoms with Gasteiger partial charge in [-0.2, -0.15) is 0 Å². The first-order chi connectivity index (χ1) is 9.96. The molecule has 21 heavy (non-hydrogen) atoms. The van der Waals surface area contributed by atoms with Crippen LogP contribution in [0.3, 0.4) is 0 Å². The minimum atomic E-state index is -4.66. The van der Waals surface area contributed by atoms with Crippen LogP contribution >= 0.6 is 15.9 Å². The van der Waals surface area contributed by atoms with Crippen molar-refractivity contribution in [3.8, 4) is 5.75 Å². The van der Waals surface area contributed by atoms with Crippen LogP contribution < -0.4 is 4.74 Å². The maximum Gasteiger partial charge on any atom is 0.573 e. The highest BCUT2D eigenvalue weighted by molar-refractivity contribution is 9.08. The lowest BCUT2D eigenvalue weighted by Crippen LogP contribution is -2.16. The highest BCUT2D eigenvalue weighted by Gasteiger charge is 2.30. The van der Waals surface area contributed by atoms with Crippen LogP contribution in [0, 0.1) is 0 Å². The zero-order valence-electron chi connectivity index (χ0n) is 10.9.